The number of hydrogen-bond acceptors (Lipinski definition) is 4. The molecule has 0 saturated carbocycles. The maximum absolute atomic E-state index is 5.99. The van der Waals surface area contributed by atoms with Gasteiger partial charge in [-0.05, 0) is 44.1 Å². The summed E-state index contributed by atoms with van der Waals surface area (Å²) in [6.45, 7) is 6.04. The topological polar surface area (TPSA) is 51.0 Å². The summed E-state index contributed by atoms with van der Waals surface area (Å²) in [7, 11) is 0. The fraction of sp³-hybridized carbons (Fsp3) is 0.429. The number of rotatable bonds is 6. The van der Waals surface area contributed by atoms with Crippen LogP contribution in [0.5, 0.6) is 0 Å². The highest BCUT2D eigenvalue weighted by atomic mass is 35.5. The molecule has 0 bridgehead atoms. The van der Waals surface area contributed by atoms with E-state index in [9.17, 15) is 0 Å². The van der Waals surface area contributed by atoms with E-state index in [1.807, 2.05) is 25.1 Å². The lowest BCUT2D eigenvalue weighted by Gasteiger charge is -2.01. The Morgan fingerprint density at radius 1 is 1.32 bits per heavy atom. The van der Waals surface area contributed by atoms with E-state index >= 15 is 0 Å². The monoisotopic (exact) mass is 279 g/mol. The molecule has 0 aliphatic heterocycles. The molecule has 0 amide bonds. The number of nitrogens with one attached hydrogen (secondary N) is 1. The molecular formula is C14H18ClN3O. The largest absolute Gasteiger partial charge is 0.421 e. The van der Waals surface area contributed by atoms with Gasteiger partial charge >= 0.3 is 0 Å². The predicted molar refractivity (Wildman–Crippen MR) is 76.3 cm³/mol. The van der Waals surface area contributed by atoms with Crippen molar-refractivity contribution in [2.45, 2.75) is 26.7 Å². The van der Waals surface area contributed by atoms with Gasteiger partial charge in [0.25, 0.3) is 0 Å². The molecule has 5 heteroatoms. The summed E-state index contributed by atoms with van der Waals surface area (Å²) in [6, 6.07) is 5.66. The lowest BCUT2D eigenvalue weighted by Crippen LogP contribution is -2.14. The van der Waals surface area contributed by atoms with E-state index in [0.29, 0.717) is 16.8 Å². The zero-order valence-electron chi connectivity index (χ0n) is 11.2. The van der Waals surface area contributed by atoms with Crippen molar-refractivity contribution in [2.75, 3.05) is 13.1 Å². The number of aryl methyl sites for hydroxylation is 2. The molecule has 0 fully saturated rings. The number of benzene rings is 1. The van der Waals surface area contributed by atoms with Gasteiger partial charge in [-0.1, -0.05) is 24.6 Å². The summed E-state index contributed by atoms with van der Waals surface area (Å²) >= 11 is 5.99. The van der Waals surface area contributed by atoms with Gasteiger partial charge in [0.05, 0.1) is 0 Å². The first-order valence-corrected chi connectivity index (χ1v) is 6.88. The second-order valence-corrected chi connectivity index (χ2v) is 4.85. The molecule has 2 aromatic rings. The fourth-order valence-electron chi connectivity index (χ4n) is 1.83. The Balaban J connectivity index is 2.06. The molecule has 0 atom stereocenters. The first-order valence-electron chi connectivity index (χ1n) is 6.50. The third-order valence-corrected chi connectivity index (χ3v) is 3.13. The molecule has 0 radical (unpaired) electrons. The van der Waals surface area contributed by atoms with Crippen molar-refractivity contribution < 1.29 is 4.42 Å². The van der Waals surface area contributed by atoms with Crippen molar-refractivity contribution in [3.63, 3.8) is 0 Å². The van der Waals surface area contributed by atoms with Gasteiger partial charge in [0.1, 0.15) is 0 Å². The fourth-order valence-corrected chi connectivity index (χ4v) is 2.00. The molecule has 2 rings (SSSR count). The van der Waals surface area contributed by atoms with E-state index in [0.717, 1.165) is 37.1 Å². The van der Waals surface area contributed by atoms with Crippen LogP contribution in [0.1, 0.15) is 24.8 Å². The Morgan fingerprint density at radius 3 is 2.95 bits per heavy atom. The Bertz CT molecular complexity index is 539. The predicted octanol–water partition coefficient (Wildman–Crippen LogP) is 3.24. The highest BCUT2D eigenvalue weighted by Crippen LogP contribution is 2.25. The summed E-state index contributed by atoms with van der Waals surface area (Å²) in [4.78, 5) is 0. The van der Waals surface area contributed by atoms with Crippen LogP contribution in [0.15, 0.2) is 22.6 Å². The molecule has 1 aromatic carbocycles. The van der Waals surface area contributed by atoms with Crippen LogP contribution in [0.25, 0.3) is 11.5 Å². The van der Waals surface area contributed by atoms with Crippen LogP contribution in [0.2, 0.25) is 5.02 Å². The quantitative estimate of drug-likeness (QED) is 0.825. The highest BCUT2D eigenvalue weighted by Gasteiger charge is 2.11. The Morgan fingerprint density at radius 2 is 2.16 bits per heavy atom. The smallest absolute Gasteiger partial charge is 0.248 e. The van der Waals surface area contributed by atoms with E-state index in [1.54, 1.807) is 0 Å². The van der Waals surface area contributed by atoms with Crippen LogP contribution in [0.4, 0.5) is 0 Å². The molecular weight excluding hydrogens is 262 g/mol. The second kappa shape index (κ2) is 6.68. The van der Waals surface area contributed by atoms with Gasteiger partial charge in [-0.3, -0.25) is 0 Å². The van der Waals surface area contributed by atoms with Crippen molar-refractivity contribution in [2.24, 2.45) is 0 Å². The molecule has 0 aliphatic rings. The Labute approximate surface area is 118 Å². The van der Waals surface area contributed by atoms with Crippen LogP contribution < -0.4 is 5.32 Å². The van der Waals surface area contributed by atoms with Gasteiger partial charge in [-0.25, -0.2) is 0 Å². The average Bonchev–Trinajstić information content (AvgIpc) is 2.86. The Kier molecular flexibility index (Phi) is 4.93. The molecule has 1 heterocycles. The van der Waals surface area contributed by atoms with Gasteiger partial charge < -0.3 is 9.73 Å². The van der Waals surface area contributed by atoms with Crippen LogP contribution in [-0.4, -0.2) is 23.3 Å². The van der Waals surface area contributed by atoms with E-state index < -0.39 is 0 Å². The van der Waals surface area contributed by atoms with Gasteiger partial charge in [0.2, 0.25) is 11.8 Å². The maximum Gasteiger partial charge on any atom is 0.248 e. The summed E-state index contributed by atoms with van der Waals surface area (Å²) in [5, 5.41) is 12.1. The van der Waals surface area contributed by atoms with E-state index in [-0.39, 0.29) is 0 Å². The standard InChI is InChI=1S/C14H18ClN3O/c1-3-16-8-4-5-13-17-18-14(19-13)12-9-11(15)7-6-10(12)2/h6-7,9,16H,3-5,8H2,1-2H3. The first-order chi connectivity index (χ1) is 9.20. The normalized spacial score (nSPS) is 10.9. The molecule has 19 heavy (non-hydrogen) atoms. The number of hydrogen-bond donors (Lipinski definition) is 1. The lowest BCUT2D eigenvalue weighted by atomic mass is 10.1. The van der Waals surface area contributed by atoms with Crippen molar-refractivity contribution in [1.82, 2.24) is 15.5 Å². The summed E-state index contributed by atoms with van der Waals surface area (Å²) in [5.74, 6) is 1.21. The summed E-state index contributed by atoms with van der Waals surface area (Å²) in [5.41, 5.74) is 1.98. The van der Waals surface area contributed by atoms with E-state index in [2.05, 4.69) is 22.4 Å². The van der Waals surface area contributed by atoms with Crippen LogP contribution in [0, 0.1) is 6.92 Å². The van der Waals surface area contributed by atoms with E-state index in [1.165, 1.54) is 0 Å². The van der Waals surface area contributed by atoms with Crippen molar-refractivity contribution in [1.29, 1.82) is 0 Å². The average molecular weight is 280 g/mol. The lowest BCUT2D eigenvalue weighted by molar-refractivity contribution is 0.492. The van der Waals surface area contributed by atoms with Gasteiger partial charge in [-0.15, -0.1) is 10.2 Å². The minimum Gasteiger partial charge on any atom is -0.421 e. The zero-order valence-corrected chi connectivity index (χ0v) is 12.0. The van der Waals surface area contributed by atoms with Crippen molar-refractivity contribution in [3.05, 3.63) is 34.7 Å². The summed E-state index contributed by atoms with van der Waals surface area (Å²) in [6.07, 6.45) is 1.78. The molecule has 4 nitrogen and oxygen atoms in total. The van der Waals surface area contributed by atoms with Crippen LogP contribution in [0.3, 0.4) is 0 Å². The number of nitrogens with zero attached hydrogens (tertiary/aromatic N) is 2. The zero-order chi connectivity index (χ0) is 13.7. The molecule has 102 valence electrons. The second-order valence-electron chi connectivity index (χ2n) is 4.42. The number of halogens is 1. The van der Waals surface area contributed by atoms with E-state index in [4.69, 9.17) is 16.0 Å². The van der Waals surface area contributed by atoms with Crippen molar-refractivity contribution >= 4 is 11.6 Å². The van der Waals surface area contributed by atoms with Gasteiger partial charge in [0.15, 0.2) is 0 Å². The third-order valence-electron chi connectivity index (χ3n) is 2.89. The summed E-state index contributed by atoms with van der Waals surface area (Å²) < 4.78 is 5.68. The SMILES string of the molecule is CCNCCCc1nnc(-c2cc(Cl)ccc2C)o1. The minimum absolute atomic E-state index is 0.540. The molecule has 0 saturated heterocycles. The first kappa shape index (κ1) is 14.0. The molecule has 1 N–H and O–H groups in total. The van der Waals surface area contributed by atoms with Gasteiger partial charge in [-0.2, -0.15) is 0 Å². The highest BCUT2D eigenvalue weighted by molar-refractivity contribution is 6.30. The Hall–Kier alpha value is -1.39. The molecule has 0 aliphatic carbocycles. The van der Waals surface area contributed by atoms with Crippen LogP contribution in [-0.2, 0) is 6.42 Å². The number of aromatic nitrogens is 2. The molecule has 0 spiro atoms. The maximum atomic E-state index is 5.99. The molecule has 0 unspecified atom stereocenters. The molecule has 1 aromatic heterocycles. The minimum atomic E-state index is 0.540. The van der Waals surface area contributed by atoms with Crippen LogP contribution >= 0.6 is 11.6 Å². The third kappa shape index (κ3) is 3.78. The van der Waals surface area contributed by atoms with Crippen molar-refractivity contribution in [3.8, 4) is 11.5 Å². The van der Waals surface area contributed by atoms with Gasteiger partial charge in [0, 0.05) is 17.0 Å².